The van der Waals surface area contributed by atoms with Crippen LogP contribution in [-0.4, -0.2) is 21.1 Å². The first kappa shape index (κ1) is 16.9. The van der Waals surface area contributed by atoms with Gasteiger partial charge in [-0.05, 0) is 18.2 Å². The van der Waals surface area contributed by atoms with Gasteiger partial charge in [0.15, 0.2) is 11.6 Å². The van der Waals surface area contributed by atoms with Crippen molar-refractivity contribution in [3.63, 3.8) is 0 Å². The molecule has 1 aliphatic rings. The molecular formula is C16H9F4N5O2. The Morgan fingerprint density at radius 2 is 1.96 bits per heavy atom. The lowest BCUT2D eigenvalue weighted by Gasteiger charge is -2.30. The van der Waals surface area contributed by atoms with E-state index in [0.717, 1.165) is 12.1 Å². The van der Waals surface area contributed by atoms with E-state index >= 15 is 0 Å². The number of hydrogen-bond acceptors (Lipinski definition) is 6. The van der Waals surface area contributed by atoms with Crippen molar-refractivity contribution in [2.45, 2.75) is 13.0 Å². The van der Waals surface area contributed by atoms with Gasteiger partial charge in [0.05, 0.1) is 29.1 Å². The number of aromatic nitrogens is 3. The predicted octanol–water partition coefficient (Wildman–Crippen LogP) is 3.01. The maximum atomic E-state index is 13.4. The van der Waals surface area contributed by atoms with Crippen molar-refractivity contribution in [2.75, 3.05) is 5.01 Å². The van der Waals surface area contributed by atoms with Crippen LogP contribution in [0.15, 0.2) is 34.9 Å². The summed E-state index contributed by atoms with van der Waals surface area (Å²) in [4.78, 5) is 16.5. The lowest BCUT2D eigenvalue weighted by Crippen LogP contribution is -2.46. The Balaban J connectivity index is 1.64. The van der Waals surface area contributed by atoms with E-state index in [0.29, 0.717) is 5.69 Å². The average Bonchev–Trinajstić information content (AvgIpc) is 3.14. The van der Waals surface area contributed by atoms with E-state index in [-0.39, 0.29) is 29.2 Å². The Kier molecular flexibility index (Phi) is 3.98. The van der Waals surface area contributed by atoms with Gasteiger partial charge in [0.25, 0.3) is 11.8 Å². The molecule has 2 aromatic heterocycles. The molecule has 1 aromatic carbocycles. The number of rotatable bonds is 3. The van der Waals surface area contributed by atoms with Crippen LogP contribution >= 0.6 is 0 Å². The smallest absolute Gasteiger partial charge is 0.314 e. The second-order valence-corrected chi connectivity index (χ2v) is 5.59. The molecular weight excluding hydrogens is 370 g/mol. The van der Waals surface area contributed by atoms with Gasteiger partial charge in [0.1, 0.15) is 0 Å². The van der Waals surface area contributed by atoms with Crippen molar-refractivity contribution < 1.29 is 26.8 Å². The molecule has 0 saturated heterocycles. The number of anilines is 1. The van der Waals surface area contributed by atoms with Gasteiger partial charge in [-0.25, -0.2) is 8.78 Å². The molecule has 0 fully saturated rings. The van der Waals surface area contributed by atoms with Crippen LogP contribution in [0.2, 0.25) is 0 Å². The Labute approximate surface area is 148 Å². The van der Waals surface area contributed by atoms with Crippen molar-refractivity contribution >= 4 is 11.6 Å². The van der Waals surface area contributed by atoms with E-state index in [1.54, 1.807) is 0 Å². The van der Waals surface area contributed by atoms with Crippen LogP contribution in [0.4, 0.5) is 23.2 Å². The molecule has 0 aliphatic carbocycles. The first-order valence-corrected chi connectivity index (χ1v) is 7.57. The number of pyridine rings is 1. The molecule has 11 heteroatoms. The summed E-state index contributed by atoms with van der Waals surface area (Å²) in [6, 6.07) is 4.57. The van der Waals surface area contributed by atoms with Crippen LogP contribution < -0.4 is 10.4 Å². The fraction of sp³-hybridized carbons (Fsp3) is 0.125. The van der Waals surface area contributed by atoms with Crippen LogP contribution in [-0.2, 0) is 6.54 Å². The van der Waals surface area contributed by atoms with Gasteiger partial charge in [-0.3, -0.25) is 20.2 Å². The molecule has 4 rings (SSSR count). The minimum atomic E-state index is -2.91. The molecule has 27 heavy (non-hydrogen) atoms. The largest absolute Gasteiger partial charge is 0.415 e. The third-order valence-electron chi connectivity index (χ3n) is 3.85. The number of carbonyl (C=O) groups is 1. The number of carbonyl (C=O) groups excluding carboxylic acids is 1. The molecule has 0 bridgehead atoms. The van der Waals surface area contributed by atoms with Gasteiger partial charge >= 0.3 is 6.43 Å². The summed E-state index contributed by atoms with van der Waals surface area (Å²) < 4.78 is 56.5. The third kappa shape index (κ3) is 3.07. The molecule has 0 atom stereocenters. The zero-order chi connectivity index (χ0) is 19.1. The van der Waals surface area contributed by atoms with Crippen molar-refractivity contribution in [3.05, 3.63) is 59.2 Å². The zero-order valence-corrected chi connectivity index (χ0v) is 13.3. The first-order valence-electron chi connectivity index (χ1n) is 7.57. The highest BCUT2D eigenvalue weighted by atomic mass is 19.3. The van der Waals surface area contributed by atoms with Crippen molar-refractivity contribution in [2.24, 2.45) is 0 Å². The van der Waals surface area contributed by atoms with E-state index in [1.807, 2.05) is 0 Å². The summed E-state index contributed by atoms with van der Waals surface area (Å²) in [5, 5.41) is 8.03. The minimum Gasteiger partial charge on any atom is -0.415 e. The van der Waals surface area contributed by atoms with Gasteiger partial charge in [0, 0.05) is 12.3 Å². The number of hydrazine groups is 1. The molecule has 0 spiro atoms. The quantitative estimate of drug-likeness (QED) is 0.705. The van der Waals surface area contributed by atoms with Crippen molar-refractivity contribution in [1.82, 2.24) is 20.6 Å². The molecule has 1 amide bonds. The first-order chi connectivity index (χ1) is 12.9. The fourth-order valence-corrected chi connectivity index (χ4v) is 2.55. The third-order valence-corrected chi connectivity index (χ3v) is 3.85. The molecule has 0 unspecified atom stereocenters. The second-order valence-electron chi connectivity index (χ2n) is 5.59. The van der Waals surface area contributed by atoms with Crippen LogP contribution in [0.3, 0.4) is 0 Å². The van der Waals surface area contributed by atoms with E-state index in [4.69, 9.17) is 4.42 Å². The molecule has 1 N–H and O–H groups in total. The number of alkyl halides is 2. The van der Waals surface area contributed by atoms with Gasteiger partial charge < -0.3 is 4.42 Å². The van der Waals surface area contributed by atoms with Crippen molar-refractivity contribution in [3.8, 4) is 11.5 Å². The van der Waals surface area contributed by atoms with E-state index in [9.17, 15) is 22.4 Å². The highest BCUT2D eigenvalue weighted by Crippen LogP contribution is 2.27. The maximum Gasteiger partial charge on any atom is 0.314 e. The summed E-state index contributed by atoms with van der Waals surface area (Å²) in [6.07, 6.45) is -1.62. The van der Waals surface area contributed by atoms with Crippen LogP contribution in [0, 0.1) is 11.6 Å². The second kappa shape index (κ2) is 6.34. The highest BCUT2D eigenvalue weighted by molar-refractivity contribution is 5.98. The number of nitrogens with zero attached hydrogens (tertiary/aromatic N) is 4. The Morgan fingerprint density at radius 3 is 2.67 bits per heavy atom. The number of amides is 1. The van der Waals surface area contributed by atoms with E-state index in [1.165, 1.54) is 23.3 Å². The van der Waals surface area contributed by atoms with Crippen LogP contribution in [0.5, 0.6) is 0 Å². The molecule has 7 nitrogen and oxygen atoms in total. The van der Waals surface area contributed by atoms with E-state index < -0.39 is 29.9 Å². The molecule has 0 radical (unpaired) electrons. The summed E-state index contributed by atoms with van der Waals surface area (Å²) in [6.45, 7) is 0.0819. The van der Waals surface area contributed by atoms with Gasteiger partial charge in [-0.15, -0.1) is 10.2 Å². The van der Waals surface area contributed by atoms with Gasteiger partial charge in [0.2, 0.25) is 5.89 Å². The molecule has 0 saturated carbocycles. The molecule has 3 aromatic rings. The molecule has 138 valence electrons. The Hall–Kier alpha value is -3.50. The molecule has 3 heterocycles. The monoisotopic (exact) mass is 379 g/mol. The normalized spacial score (nSPS) is 13.7. The highest BCUT2D eigenvalue weighted by Gasteiger charge is 2.26. The summed E-state index contributed by atoms with van der Waals surface area (Å²) in [7, 11) is 0. The summed E-state index contributed by atoms with van der Waals surface area (Å²) in [5.41, 5.74) is 3.47. The SMILES string of the molecule is O=C1NN(c2ccc(F)c(F)c2)Cc2ncc(-c3nnc(C(F)F)o3)cc21. The maximum absolute atomic E-state index is 13.4. The van der Waals surface area contributed by atoms with Crippen LogP contribution in [0.25, 0.3) is 11.5 Å². The average molecular weight is 379 g/mol. The standard InChI is InChI=1S/C16H9F4N5O2/c17-10-2-1-8(4-11(10)18)25-6-12-9(14(26)24-25)3-7(5-21-12)15-22-23-16(27-15)13(19)20/h1-5,13H,6H2,(H,24,26). The zero-order valence-electron chi connectivity index (χ0n) is 13.3. The van der Waals surface area contributed by atoms with Crippen LogP contribution in [0.1, 0.15) is 28.4 Å². The molecule has 1 aliphatic heterocycles. The number of benzene rings is 1. The lowest BCUT2D eigenvalue weighted by atomic mass is 10.1. The number of fused-ring (bicyclic) bond motifs is 1. The topological polar surface area (TPSA) is 84.2 Å². The van der Waals surface area contributed by atoms with E-state index in [2.05, 4.69) is 20.6 Å². The number of halogens is 4. The lowest BCUT2D eigenvalue weighted by molar-refractivity contribution is 0.0937. The minimum absolute atomic E-state index is 0.0819. The summed E-state index contributed by atoms with van der Waals surface area (Å²) >= 11 is 0. The fourth-order valence-electron chi connectivity index (χ4n) is 2.55. The number of nitrogens with one attached hydrogen (secondary N) is 1. The van der Waals surface area contributed by atoms with Gasteiger partial charge in [-0.1, -0.05) is 0 Å². The summed E-state index contributed by atoms with van der Waals surface area (Å²) in [5.74, 6) is -3.66. The van der Waals surface area contributed by atoms with Crippen molar-refractivity contribution in [1.29, 1.82) is 0 Å². The van der Waals surface area contributed by atoms with Gasteiger partial charge in [-0.2, -0.15) is 8.78 Å². The number of hydrogen-bond donors (Lipinski definition) is 1. The predicted molar refractivity (Wildman–Crippen MR) is 82.5 cm³/mol. The Bertz CT molecular complexity index is 1040. The Morgan fingerprint density at radius 1 is 1.15 bits per heavy atom.